The summed E-state index contributed by atoms with van der Waals surface area (Å²) < 4.78 is 52.8. The first-order valence-corrected chi connectivity index (χ1v) is 12.5. The number of piperidine rings is 1. The number of amides is 3. The Hall–Kier alpha value is -2.27. The van der Waals surface area contributed by atoms with Gasteiger partial charge in [0.1, 0.15) is 0 Å². The van der Waals surface area contributed by atoms with Crippen molar-refractivity contribution in [3.63, 3.8) is 0 Å². The molecule has 11 heteroatoms. The monoisotopic (exact) mass is 472 g/mol. The summed E-state index contributed by atoms with van der Waals surface area (Å²) in [5.74, 6) is -2.60. The Morgan fingerprint density at radius 1 is 0.938 bits per heavy atom. The second-order valence-corrected chi connectivity index (χ2v) is 10.1. The molecule has 3 N–H and O–H groups in total. The molecule has 0 aromatic heterocycles. The Balaban J connectivity index is 1.37. The van der Waals surface area contributed by atoms with E-state index in [2.05, 4.69) is 15.4 Å². The molecule has 1 saturated heterocycles. The van der Waals surface area contributed by atoms with Crippen LogP contribution in [-0.4, -0.2) is 57.0 Å². The maximum atomic E-state index is 13.3. The summed E-state index contributed by atoms with van der Waals surface area (Å²) in [6.45, 7) is 0.800. The van der Waals surface area contributed by atoms with E-state index in [1.54, 1.807) is 4.90 Å². The van der Waals surface area contributed by atoms with Gasteiger partial charge in [0, 0.05) is 38.1 Å². The fourth-order valence-electron chi connectivity index (χ4n) is 4.11. The predicted molar refractivity (Wildman–Crippen MR) is 114 cm³/mol. The number of rotatable bonds is 7. The average Bonchev–Trinajstić information content (AvgIpc) is 2.76. The predicted octanol–water partition coefficient (Wildman–Crippen LogP) is 2.26. The van der Waals surface area contributed by atoms with E-state index in [0.717, 1.165) is 37.8 Å². The molecular weight excluding hydrogens is 442 g/mol. The molecule has 3 rings (SSSR count). The molecule has 1 aromatic carbocycles. The van der Waals surface area contributed by atoms with E-state index >= 15 is 0 Å². The Morgan fingerprint density at radius 3 is 2.19 bits per heavy atom. The molecule has 1 aliphatic heterocycles. The highest BCUT2D eigenvalue weighted by Gasteiger charge is 2.25. The summed E-state index contributed by atoms with van der Waals surface area (Å²) in [4.78, 5) is 25.8. The van der Waals surface area contributed by atoms with Gasteiger partial charge >= 0.3 is 6.03 Å². The van der Waals surface area contributed by atoms with Crippen molar-refractivity contribution in [2.75, 3.05) is 19.6 Å². The van der Waals surface area contributed by atoms with E-state index in [1.807, 2.05) is 0 Å². The highest BCUT2D eigenvalue weighted by atomic mass is 32.2. The van der Waals surface area contributed by atoms with Crippen molar-refractivity contribution in [1.82, 2.24) is 20.3 Å². The summed E-state index contributed by atoms with van der Waals surface area (Å²) in [5.41, 5.74) is 0. The number of likely N-dealkylation sites (tertiary alicyclic amines) is 1. The van der Waals surface area contributed by atoms with Gasteiger partial charge in [0.2, 0.25) is 15.9 Å². The number of hydrogen-bond acceptors (Lipinski definition) is 4. The molecule has 2 aliphatic rings. The highest BCUT2D eigenvalue weighted by molar-refractivity contribution is 7.89. The Kier molecular flexibility index (Phi) is 8.41. The summed E-state index contributed by atoms with van der Waals surface area (Å²) in [5, 5.41) is 6.00. The second kappa shape index (κ2) is 11.0. The third-order valence-corrected chi connectivity index (χ3v) is 7.41. The third-order valence-electron chi connectivity index (χ3n) is 5.96. The van der Waals surface area contributed by atoms with Gasteiger partial charge in [-0.05, 0) is 43.9 Å². The van der Waals surface area contributed by atoms with Crippen molar-refractivity contribution in [3.8, 4) is 0 Å². The number of halogens is 2. The van der Waals surface area contributed by atoms with E-state index in [1.165, 1.54) is 6.42 Å². The molecule has 2 fully saturated rings. The first kappa shape index (κ1) is 24.4. The van der Waals surface area contributed by atoms with Crippen molar-refractivity contribution in [2.24, 2.45) is 0 Å². The van der Waals surface area contributed by atoms with Gasteiger partial charge in [-0.1, -0.05) is 19.3 Å². The summed E-state index contributed by atoms with van der Waals surface area (Å²) in [6.07, 6.45) is 6.74. The number of carbonyl (C=O) groups excluding carboxylic acids is 2. The Morgan fingerprint density at radius 2 is 1.56 bits per heavy atom. The van der Waals surface area contributed by atoms with Gasteiger partial charge in [-0.2, -0.15) is 0 Å². The van der Waals surface area contributed by atoms with E-state index < -0.39 is 26.6 Å². The van der Waals surface area contributed by atoms with Crippen molar-refractivity contribution in [3.05, 3.63) is 29.8 Å². The molecule has 0 bridgehead atoms. The molecule has 1 aromatic rings. The number of nitrogens with one attached hydrogen (secondary N) is 3. The summed E-state index contributed by atoms with van der Waals surface area (Å²) in [7, 11) is -4.04. The normalized spacial score (nSPS) is 18.4. The van der Waals surface area contributed by atoms with Crippen molar-refractivity contribution in [2.45, 2.75) is 68.3 Å². The number of carbonyl (C=O) groups is 2. The quantitative estimate of drug-likeness (QED) is 0.566. The van der Waals surface area contributed by atoms with Crippen LogP contribution in [0.4, 0.5) is 13.6 Å². The molecule has 8 nitrogen and oxygen atoms in total. The lowest BCUT2D eigenvalue weighted by Gasteiger charge is -2.33. The number of nitrogens with zero attached hydrogens (tertiary/aromatic N) is 1. The van der Waals surface area contributed by atoms with Crippen molar-refractivity contribution in [1.29, 1.82) is 0 Å². The van der Waals surface area contributed by atoms with Crippen LogP contribution >= 0.6 is 0 Å². The molecule has 0 spiro atoms. The van der Waals surface area contributed by atoms with Crippen LogP contribution in [0.1, 0.15) is 51.4 Å². The zero-order valence-electron chi connectivity index (χ0n) is 17.9. The van der Waals surface area contributed by atoms with Crippen LogP contribution in [0.15, 0.2) is 23.1 Å². The summed E-state index contributed by atoms with van der Waals surface area (Å²) in [6, 6.07) is 2.37. The molecular formula is C21H30F2N4O4S. The van der Waals surface area contributed by atoms with Gasteiger partial charge in [0.15, 0.2) is 11.6 Å². The number of urea groups is 1. The number of sulfonamides is 1. The zero-order valence-corrected chi connectivity index (χ0v) is 18.7. The minimum atomic E-state index is -4.04. The lowest BCUT2D eigenvalue weighted by atomic mass is 9.96. The van der Waals surface area contributed by atoms with E-state index in [9.17, 15) is 26.8 Å². The third kappa shape index (κ3) is 6.86. The standard InChI is InChI=1S/C21H30F2N4O4S/c22-18-7-6-17(14-19(18)23)32(30,31)24-11-8-20(28)27-12-9-16(10-13-27)26-21(29)25-15-4-2-1-3-5-15/h6-7,14-16,24H,1-5,8-13H2,(H2,25,26,29). The van der Waals surface area contributed by atoms with Gasteiger partial charge in [-0.3, -0.25) is 4.79 Å². The molecule has 0 unspecified atom stereocenters. The first-order valence-electron chi connectivity index (χ1n) is 11.0. The SMILES string of the molecule is O=C(NC1CCCCC1)NC1CCN(C(=O)CCNS(=O)(=O)c2ccc(F)c(F)c2)CC1. The fourth-order valence-corrected chi connectivity index (χ4v) is 5.15. The van der Waals surface area contributed by atoms with E-state index in [-0.39, 0.29) is 37.0 Å². The average molecular weight is 473 g/mol. The van der Waals surface area contributed by atoms with Crippen LogP contribution in [0, 0.1) is 11.6 Å². The van der Waals surface area contributed by atoms with Crippen LogP contribution in [0.2, 0.25) is 0 Å². The van der Waals surface area contributed by atoms with Crippen LogP contribution < -0.4 is 15.4 Å². The maximum absolute atomic E-state index is 13.3. The van der Waals surface area contributed by atoms with Gasteiger partial charge < -0.3 is 15.5 Å². The first-order chi connectivity index (χ1) is 15.2. The Bertz CT molecular complexity index is 914. The zero-order chi connectivity index (χ0) is 23.1. The molecule has 3 amide bonds. The van der Waals surface area contributed by atoms with Crippen LogP contribution in [0.25, 0.3) is 0 Å². The van der Waals surface area contributed by atoms with E-state index in [0.29, 0.717) is 32.0 Å². The second-order valence-electron chi connectivity index (χ2n) is 8.33. The van der Waals surface area contributed by atoms with Crippen LogP contribution in [-0.2, 0) is 14.8 Å². The van der Waals surface area contributed by atoms with Crippen molar-refractivity contribution < 1.29 is 26.8 Å². The fraction of sp³-hybridized carbons (Fsp3) is 0.619. The largest absolute Gasteiger partial charge is 0.343 e. The Labute approximate surface area is 187 Å². The molecule has 1 saturated carbocycles. The van der Waals surface area contributed by atoms with Gasteiger partial charge in [-0.15, -0.1) is 0 Å². The lowest BCUT2D eigenvalue weighted by molar-refractivity contribution is -0.132. The molecule has 1 aliphatic carbocycles. The van der Waals surface area contributed by atoms with Crippen LogP contribution in [0.5, 0.6) is 0 Å². The molecule has 0 radical (unpaired) electrons. The minimum Gasteiger partial charge on any atom is -0.343 e. The highest BCUT2D eigenvalue weighted by Crippen LogP contribution is 2.18. The van der Waals surface area contributed by atoms with Gasteiger partial charge in [0.25, 0.3) is 0 Å². The molecule has 178 valence electrons. The number of benzene rings is 1. The minimum absolute atomic E-state index is 0.00508. The number of hydrogen-bond donors (Lipinski definition) is 3. The smallest absolute Gasteiger partial charge is 0.315 e. The summed E-state index contributed by atoms with van der Waals surface area (Å²) >= 11 is 0. The molecule has 0 atom stereocenters. The topological polar surface area (TPSA) is 108 Å². The van der Waals surface area contributed by atoms with Gasteiger partial charge in [0.05, 0.1) is 4.90 Å². The molecule has 32 heavy (non-hydrogen) atoms. The van der Waals surface area contributed by atoms with Crippen LogP contribution in [0.3, 0.4) is 0 Å². The maximum Gasteiger partial charge on any atom is 0.315 e. The van der Waals surface area contributed by atoms with Gasteiger partial charge in [-0.25, -0.2) is 26.7 Å². The van der Waals surface area contributed by atoms with E-state index in [4.69, 9.17) is 0 Å². The lowest BCUT2D eigenvalue weighted by Crippen LogP contribution is -2.51. The van der Waals surface area contributed by atoms with Crippen molar-refractivity contribution >= 4 is 22.0 Å². The molecule has 1 heterocycles.